The van der Waals surface area contributed by atoms with Crippen LogP contribution in [0.5, 0.6) is 5.88 Å². The Morgan fingerprint density at radius 1 is 1.75 bits per heavy atom. The number of methoxy groups -OCH3 is 1. The van der Waals surface area contributed by atoms with Gasteiger partial charge in [0.25, 0.3) is 0 Å². The molecule has 0 saturated carbocycles. The first-order valence-corrected chi connectivity index (χ1v) is 4.23. The van der Waals surface area contributed by atoms with Gasteiger partial charge < -0.3 is 4.74 Å². The molecule has 64 valence electrons. The molecule has 3 nitrogen and oxygen atoms in total. The van der Waals surface area contributed by atoms with Crippen molar-refractivity contribution in [3.05, 3.63) is 23.1 Å². The minimum atomic E-state index is -0.0294. The van der Waals surface area contributed by atoms with Crippen LogP contribution in [0.25, 0.3) is 0 Å². The maximum absolute atomic E-state index is 11.2. The quantitative estimate of drug-likeness (QED) is 0.530. The molecule has 0 bridgehead atoms. The van der Waals surface area contributed by atoms with E-state index in [4.69, 9.17) is 4.74 Å². The lowest BCUT2D eigenvalue weighted by Crippen LogP contribution is -1.88. The molecule has 0 atom stereocenters. The lowest BCUT2D eigenvalue weighted by atomic mass is 10.3. The molecule has 0 fully saturated rings. The van der Waals surface area contributed by atoms with Gasteiger partial charge in [0.2, 0.25) is 5.88 Å². The number of allylic oxidation sites excluding steroid dienone is 2. The van der Waals surface area contributed by atoms with E-state index >= 15 is 0 Å². The van der Waals surface area contributed by atoms with Crippen LogP contribution in [0.3, 0.4) is 0 Å². The summed E-state index contributed by atoms with van der Waals surface area (Å²) in [5, 5.41) is 0. The number of ether oxygens (including phenoxy) is 1. The smallest absolute Gasteiger partial charge is 0.225 e. The summed E-state index contributed by atoms with van der Waals surface area (Å²) in [6, 6.07) is 1.63. The van der Waals surface area contributed by atoms with E-state index in [1.165, 1.54) is 13.2 Å². The average molecular weight is 183 g/mol. The number of carbonyl (C=O) groups is 1. The fourth-order valence-corrected chi connectivity index (χ4v) is 1.33. The van der Waals surface area contributed by atoms with Gasteiger partial charge in [0.1, 0.15) is 0 Å². The molecule has 1 heterocycles. The molecule has 0 N–H and O–H groups in total. The predicted molar refractivity (Wildman–Crippen MR) is 47.8 cm³/mol. The van der Waals surface area contributed by atoms with Crippen molar-refractivity contribution in [1.82, 2.24) is 4.37 Å². The van der Waals surface area contributed by atoms with Gasteiger partial charge in [-0.3, -0.25) is 4.79 Å². The van der Waals surface area contributed by atoms with Gasteiger partial charge in [-0.1, -0.05) is 6.08 Å². The van der Waals surface area contributed by atoms with Crippen LogP contribution in [0.15, 0.2) is 18.2 Å². The molecule has 0 radical (unpaired) electrons. The first-order chi connectivity index (χ1) is 5.77. The van der Waals surface area contributed by atoms with Crippen LogP contribution < -0.4 is 4.74 Å². The monoisotopic (exact) mass is 183 g/mol. The fourth-order valence-electron chi connectivity index (χ4n) is 0.705. The molecule has 12 heavy (non-hydrogen) atoms. The zero-order valence-corrected chi connectivity index (χ0v) is 7.72. The van der Waals surface area contributed by atoms with Crippen molar-refractivity contribution in [1.29, 1.82) is 0 Å². The maximum Gasteiger partial charge on any atom is 0.225 e. The summed E-state index contributed by atoms with van der Waals surface area (Å²) in [5.41, 5.74) is 0. The fraction of sp³-hybridized carbons (Fsp3) is 0.250. The summed E-state index contributed by atoms with van der Waals surface area (Å²) >= 11 is 1.15. The largest absolute Gasteiger partial charge is 0.480 e. The Balaban J connectivity index is 2.81. The van der Waals surface area contributed by atoms with E-state index in [0.29, 0.717) is 10.8 Å². The highest BCUT2D eigenvalue weighted by atomic mass is 32.1. The zero-order valence-electron chi connectivity index (χ0n) is 6.90. The second-order valence-corrected chi connectivity index (χ2v) is 2.90. The van der Waals surface area contributed by atoms with E-state index in [1.54, 1.807) is 19.1 Å². The van der Waals surface area contributed by atoms with Crippen molar-refractivity contribution in [3.63, 3.8) is 0 Å². The van der Waals surface area contributed by atoms with Gasteiger partial charge in [0.05, 0.1) is 12.0 Å². The van der Waals surface area contributed by atoms with Gasteiger partial charge in [-0.25, -0.2) is 0 Å². The summed E-state index contributed by atoms with van der Waals surface area (Å²) in [6.45, 7) is 1.80. The summed E-state index contributed by atoms with van der Waals surface area (Å²) in [7, 11) is 1.53. The second kappa shape index (κ2) is 4.01. The Morgan fingerprint density at radius 3 is 3.00 bits per heavy atom. The van der Waals surface area contributed by atoms with E-state index in [-0.39, 0.29) is 5.78 Å². The van der Waals surface area contributed by atoms with Gasteiger partial charge in [0.15, 0.2) is 5.78 Å². The molecule has 1 rings (SSSR count). The molecule has 0 aliphatic heterocycles. The van der Waals surface area contributed by atoms with Gasteiger partial charge >= 0.3 is 0 Å². The molecule has 0 spiro atoms. The van der Waals surface area contributed by atoms with Crippen LogP contribution in [0.4, 0.5) is 0 Å². The lowest BCUT2D eigenvalue weighted by Gasteiger charge is -1.86. The molecule has 4 heteroatoms. The maximum atomic E-state index is 11.2. The standard InChI is InChI=1S/C8H9NO2S/c1-3-4-6(10)7-5-8(11-2)9-12-7/h3-5H,1-2H3/b4-3+. The van der Waals surface area contributed by atoms with Crippen molar-refractivity contribution < 1.29 is 9.53 Å². The zero-order chi connectivity index (χ0) is 8.97. The van der Waals surface area contributed by atoms with E-state index < -0.39 is 0 Å². The van der Waals surface area contributed by atoms with E-state index in [9.17, 15) is 4.79 Å². The van der Waals surface area contributed by atoms with Crippen LogP contribution in [0, 0.1) is 0 Å². The van der Waals surface area contributed by atoms with Crippen molar-refractivity contribution in [2.24, 2.45) is 0 Å². The lowest BCUT2D eigenvalue weighted by molar-refractivity contribution is 0.105. The summed E-state index contributed by atoms with van der Waals surface area (Å²) in [5.74, 6) is 0.464. The normalized spacial score (nSPS) is 10.5. The number of nitrogens with zero attached hydrogens (tertiary/aromatic N) is 1. The minimum absolute atomic E-state index is 0.0294. The van der Waals surface area contributed by atoms with Crippen molar-refractivity contribution in [2.45, 2.75) is 6.92 Å². The van der Waals surface area contributed by atoms with Gasteiger partial charge in [-0.2, -0.15) is 4.37 Å². The Bertz CT molecular complexity index is 304. The van der Waals surface area contributed by atoms with Crippen LogP contribution in [-0.2, 0) is 0 Å². The molecule has 1 aromatic rings. The SMILES string of the molecule is C/C=C/C(=O)c1cc(OC)ns1. The van der Waals surface area contributed by atoms with E-state index in [1.807, 2.05) is 0 Å². The summed E-state index contributed by atoms with van der Waals surface area (Å²) in [6.07, 6.45) is 3.21. The average Bonchev–Trinajstić information content (AvgIpc) is 2.52. The molecule has 0 aromatic carbocycles. The first kappa shape index (κ1) is 8.93. The Hall–Kier alpha value is -1.16. The third kappa shape index (κ3) is 1.92. The molecule has 0 aliphatic carbocycles. The summed E-state index contributed by atoms with van der Waals surface area (Å²) in [4.78, 5) is 11.8. The highest BCUT2D eigenvalue weighted by Gasteiger charge is 2.06. The first-order valence-electron chi connectivity index (χ1n) is 3.45. The summed E-state index contributed by atoms with van der Waals surface area (Å²) < 4.78 is 8.75. The Kier molecular flexibility index (Phi) is 2.99. The topological polar surface area (TPSA) is 39.2 Å². The number of hydrogen-bond acceptors (Lipinski definition) is 4. The number of aromatic nitrogens is 1. The van der Waals surface area contributed by atoms with Crippen LogP contribution >= 0.6 is 11.5 Å². The minimum Gasteiger partial charge on any atom is -0.480 e. The molecule has 0 unspecified atom stereocenters. The molecule has 1 aromatic heterocycles. The Labute approximate surface area is 74.8 Å². The van der Waals surface area contributed by atoms with E-state index in [0.717, 1.165) is 11.5 Å². The van der Waals surface area contributed by atoms with Crippen molar-refractivity contribution >= 4 is 17.3 Å². The number of carbonyl (C=O) groups excluding carboxylic acids is 1. The third-order valence-electron chi connectivity index (χ3n) is 1.26. The number of rotatable bonds is 3. The number of hydrogen-bond donors (Lipinski definition) is 0. The number of ketones is 1. The molecular formula is C8H9NO2S. The highest BCUT2D eigenvalue weighted by Crippen LogP contribution is 2.16. The molecule has 0 amide bonds. The molecular weight excluding hydrogens is 174 g/mol. The van der Waals surface area contributed by atoms with Gasteiger partial charge in [-0.05, 0) is 24.5 Å². The third-order valence-corrected chi connectivity index (χ3v) is 2.05. The Morgan fingerprint density at radius 2 is 2.50 bits per heavy atom. The van der Waals surface area contributed by atoms with Crippen molar-refractivity contribution in [2.75, 3.05) is 7.11 Å². The second-order valence-electron chi connectivity index (χ2n) is 2.10. The van der Waals surface area contributed by atoms with E-state index in [2.05, 4.69) is 4.37 Å². The van der Waals surface area contributed by atoms with Crippen LogP contribution in [0.2, 0.25) is 0 Å². The molecule has 0 aliphatic rings. The van der Waals surface area contributed by atoms with Crippen LogP contribution in [0.1, 0.15) is 16.6 Å². The molecule has 0 saturated heterocycles. The highest BCUT2D eigenvalue weighted by molar-refractivity contribution is 7.08. The van der Waals surface area contributed by atoms with Gasteiger partial charge in [-0.15, -0.1) is 0 Å². The van der Waals surface area contributed by atoms with Crippen molar-refractivity contribution in [3.8, 4) is 5.88 Å². The van der Waals surface area contributed by atoms with Gasteiger partial charge in [0, 0.05) is 6.07 Å². The predicted octanol–water partition coefficient (Wildman–Crippen LogP) is 1.91. The van der Waals surface area contributed by atoms with Crippen LogP contribution in [-0.4, -0.2) is 17.3 Å².